The molecule has 0 amide bonds. The normalized spacial score (nSPS) is 25.5. The number of nitrogens with zero attached hydrogens (tertiary/aromatic N) is 2. The van der Waals surface area contributed by atoms with Gasteiger partial charge in [-0.2, -0.15) is 5.10 Å². The topological polar surface area (TPSA) is 29.9 Å². The molecule has 17 heavy (non-hydrogen) atoms. The predicted octanol–water partition coefficient (Wildman–Crippen LogP) is 3.04. The predicted molar refractivity (Wildman–Crippen MR) is 71.5 cm³/mol. The van der Waals surface area contributed by atoms with Gasteiger partial charge in [0.15, 0.2) is 0 Å². The summed E-state index contributed by atoms with van der Waals surface area (Å²) >= 11 is 0. The lowest BCUT2D eigenvalue weighted by atomic mass is 10.0. The Morgan fingerprint density at radius 3 is 3.12 bits per heavy atom. The standard InChI is InChI=1S/C14H23N3/c1-3-17-11-13(10-16-17)9-15-14-6-4-5-12(2)7-8-14/h3,10-12,14-15H,1,4-9H2,2H3. The maximum atomic E-state index is 4.19. The van der Waals surface area contributed by atoms with Gasteiger partial charge in [0.25, 0.3) is 0 Å². The first-order valence-electron chi connectivity index (χ1n) is 6.67. The monoisotopic (exact) mass is 233 g/mol. The maximum absolute atomic E-state index is 4.19. The van der Waals surface area contributed by atoms with Gasteiger partial charge in [-0.1, -0.05) is 26.3 Å². The minimum atomic E-state index is 0.687. The molecule has 2 rings (SSSR count). The van der Waals surface area contributed by atoms with Crippen LogP contribution in [0.1, 0.15) is 44.6 Å². The molecule has 0 radical (unpaired) electrons. The molecule has 0 aliphatic heterocycles. The molecule has 0 aromatic carbocycles. The summed E-state index contributed by atoms with van der Waals surface area (Å²) in [5, 5.41) is 7.84. The Labute approximate surface area is 104 Å². The van der Waals surface area contributed by atoms with Gasteiger partial charge < -0.3 is 5.32 Å². The van der Waals surface area contributed by atoms with Crippen LogP contribution < -0.4 is 5.32 Å². The summed E-state index contributed by atoms with van der Waals surface area (Å²) in [6.07, 6.45) is 12.4. The second-order valence-corrected chi connectivity index (χ2v) is 5.20. The molecule has 2 atom stereocenters. The third kappa shape index (κ3) is 3.70. The molecule has 1 aromatic heterocycles. The third-order valence-electron chi connectivity index (χ3n) is 3.69. The van der Waals surface area contributed by atoms with E-state index in [1.54, 1.807) is 10.9 Å². The zero-order valence-electron chi connectivity index (χ0n) is 10.7. The lowest BCUT2D eigenvalue weighted by Gasteiger charge is -2.15. The molecule has 3 nitrogen and oxygen atoms in total. The molecular formula is C14H23N3. The van der Waals surface area contributed by atoms with Crippen molar-refractivity contribution < 1.29 is 0 Å². The van der Waals surface area contributed by atoms with Crippen LogP contribution in [0.4, 0.5) is 0 Å². The van der Waals surface area contributed by atoms with Crippen molar-refractivity contribution in [3.8, 4) is 0 Å². The van der Waals surface area contributed by atoms with Crippen LogP contribution >= 0.6 is 0 Å². The Morgan fingerprint density at radius 2 is 2.35 bits per heavy atom. The third-order valence-corrected chi connectivity index (χ3v) is 3.69. The van der Waals surface area contributed by atoms with E-state index in [0.29, 0.717) is 6.04 Å². The lowest BCUT2D eigenvalue weighted by Crippen LogP contribution is -2.27. The highest BCUT2D eigenvalue weighted by Gasteiger charge is 2.15. The van der Waals surface area contributed by atoms with Crippen molar-refractivity contribution in [2.24, 2.45) is 5.92 Å². The van der Waals surface area contributed by atoms with E-state index in [2.05, 4.69) is 23.9 Å². The molecule has 1 aliphatic carbocycles. The molecule has 2 unspecified atom stereocenters. The number of hydrogen-bond donors (Lipinski definition) is 1. The van der Waals surface area contributed by atoms with Crippen molar-refractivity contribution in [1.29, 1.82) is 0 Å². The first-order valence-corrected chi connectivity index (χ1v) is 6.67. The molecular weight excluding hydrogens is 210 g/mol. The summed E-state index contributed by atoms with van der Waals surface area (Å²) in [4.78, 5) is 0. The summed E-state index contributed by atoms with van der Waals surface area (Å²) in [5.74, 6) is 0.908. The quantitative estimate of drug-likeness (QED) is 0.810. The van der Waals surface area contributed by atoms with Crippen molar-refractivity contribution in [2.75, 3.05) is 0 Å². The average molecular weight is 233 g/mol. The van der Waals surface area contributed by atoms with Gasteiger partial charge in [0.1, 0.15) is 0 Å². The molecule has 1 N–H and O–H groups in total. The summed E-state index contributed by atoms with van der Waals surface area (Å²) < 4.78 is 1.76. The fourth-order valence-electron chi connectivity index (χ4n) is 2.52. The van der Waals surface area contributed by atoms with E-state index in [0.717, 1.165) is 12.5 Å². The van der Waals surface area contributed by atoms with Crippen LogP contribution in [0.3, 0.4) is 0 Å². The molecule has 0 bridgehead atoms. The van der Waals surface area contributed by atoms with Crippen molar-refractivity contribution >= 4 is 6.20 Å². The summed E-state index contributed by atoms with van der Waals surface area (Å²) in [7, 11) is 0. The van der Waals surface area contributed by atoms with Gasteiger partial charge in [-0.3, -0.25) is 0 Å². The molecule has 0 saturated heterocycles. The molecule has 94 valence electrons. The van der Waals surface area contributed by atoms with Crippen molar-refractivity contribution in [3.63, 3.8) is 0 Å². The minimum absolute atomic E-state index is 0.687. The highest BCUT2D eigenvalue weighted by atomic mass is 15.2. The van der Waals surface area contributed by atoms with Crippen LogP contribution in [0.15, 0.2) is 19.0 Å². The molecule has 3 heteroatoms. The van der Waals surface area contributed by atoms with Gasteiger partial charge in [-0.25, -0.2) is 4.68 Å². The number of aromatic nitrogens is 2. The van der Waals surface area contributed by atoms with Gasteiger partial charge in [-0.15, -0.1) is 0 Å². The van der Waals surface area contributed by atoms with Gasteiger partial charge in [-0.05, 0) is 25.2 Å². The highest BCUT2D eigenvalue weighted by molar-refractivity contribution is 5.17. The number of nitrogens with one attached hydrogen (secondary N) is 1. The van der Waals surface area contributed by atoms with Gasteiger partial charge in [0, 0.05) is 30.5 Å². The Bertz CT molecular complexity index is 356. The van der Waals surface area contributed by atoms with E-state index in [9.17, 15) is 0 Å². The second kappa shape index (κ2) is 6.01. The summed E-state index contributed by atoms with van der Waals surface area (Å²) in [5.41, 5.74) is 1.24. The van der Waals surface area contributed by atoms with Gasteiger partial charge in [0.05, 0.1) is 6.20 Å². The Hall–Kier alpha value is -1.09. The number of hydrogen-bond acceptors (Lipinski definition) is 2. The van der Waals surface area contributed by atoms with Crippen molar-refractivity contribution in [1.82, 2.24) is 15.1 Å². The van der Waals surface area contributed by atoms with Crippen LogP contribution in [0.2, 0.25) is 0 Å². The first-order chi connectivity index (χ1) is 8.28. The number of rotatable bonds is 4. The maximum Gasteiger partial charge on any atom is 0.0538 e. The van der Waals surface area contributed by atoms with E-state index in [1.165, 1.54) is 37.7 Å². The smallest absolute Gasteiger partial charge is 0.0538 e. The zero-order valence-corrected chi connectivity index (χ0v) is 10.7. The summed E-state index contributed by atoms with van der Waals surface area (Å²) in [6.45, 7) is 6.99. The molecule has 1 aromatic rings. The first kappa shape index (κ1) is 12.4. The highest BCUT2D eigenvalue weighted by Crippen LogP contribution is 2.22. The SMILES string of the molecule is C=Cn1cc(CNC2CCCC(C)CC2)cn1. The Kier molecular flexibility index (Phi) is 4.37. The van der Waals surface area contributed by atoms with Gasteiger partial charge >= 0.3 is 0 Å². The average Bonchev–Trinajstić information content (AvgIpc) is 2.70. The Balaban J connectivity index is 1.79. The van der Waals surface area contributed by atoms with Crippen LogP contribution in [0.25, 0.3) is 6.20 Å². The fourth-order valence-corrected chi connectivity index (χ4v) is 2.52. The van der Waals surface area contributed by atoms with E-state index >= 15 is 0 Å². The van der Waals surface area contributed by atoms with E-state index < -0.39 is 0 Å². The Morgan fingerprint density at radius 1 is 1.47 bits per heavy atom. The van der Waals surface area contributed by atoms with E-state index in [1.807, 2.05) is 12.4 Å². The van der Waals surface area contributed by atoms with Crippen LogP contribution in [-0.2, 0) is 6.54 Å². The zero-order chi connectivity index (χ0) is 12.1. The van der Waals surface area contributed by atoms with Gasteiger partial charge in [0.2, 0.25) is 0 Å². The largest absolute Gasteiger partial charge is 0.310 e. The van der Waals surface area contributed by atoms with E-state index in [4.69, 9.17) is 0 Å². The molecule has 1 saturated carbocycles. The van der Waals surface area contributed by atoms with E-state index in [-0.39, 0.29) is 0 Å². The fraction of sp³-hybridized carbons (Fsp3) is 0.643. The molecule has 1 heterocycles. The van der Waals surface area contributed by atoms with Crippen molar-refractivity contribution in [2.45, 2.75) is 51.6 Å². The van der Waals surface area contributed by atoms with Crippen molar-refractivity contribution in [3.05, 3.63) is 24.5 Å². The molecule has 1 fully saturated rings. The second-order valence-electron chi connectivity index (χ2n) is 5.20. The molecule has 1 aliphatic rings. The van der Waals surface area contributed by atoms with Crippen LogP contribution in [0.5, 0.6) is 0 Å². The van der Waals surface area contributed by atoms with Crippen LogP contribution in [-0.4, -0.2) is 15.8 Å². The summed E-state index contributed by atoms with van der Waals surface area (Å²) in [6, 6.07) is 0.687. The lowest BCUT2D eigenvalue weighted by molar-refractivity contribution is 0.447. The molecule has 0 spiro atoms. The van der Waals surface area contributed by atoms with Crippen LogP contribution in [0, 0.1) is 5.92 Å². The minimum Gasteiger partial charge on any atom is -0.310 e.